The number of aryl methyl sites for hydroxylation is 1. The summed E-state index contributed by atoms with van der Waals surface area (Å²) in [7, 11) is -4.05. The van der Waals surface area contributed by atoms with Crippen molar-refractivity contribution in [3.8, 4) is 0 Å². The average Bonchev–Trinajstić information content (AvgIpc) is 3.78. The van der Waals surface area contributed by atoms with Crippen LogP contribution in [-0.4, -0.2) is 100 Å². The summed E-state index contributed by atoms with van der Waals surface area (Å²) in [5.41, 5.74) is 3.04. The highest BCUT2D eigenvalue weighted by molar-refractivity contribution is 7.89. The fourth-order valence-corrected chi connectivity index (χ4v) is 8.80. The maximum atomic E-state index is 14.4. The molecule has 0 radical (unpaired) electrons. The van der Waals surface area contributed by atoms with Gasteiger partial charge in [0.15, 0.2) is 0 Å². The molecule has 13 heteroatoms. The number of sulfonamides is 1. The standard InChI is InChI=1S/C39H52N6O6S/c1-4-28(2)37(45-22-21-43(39(45)48)26-33-16-10-11-29(3)41-33)38(47)42-35(23-30-12-6-5-7-13-30)36(46)27-44(25-32-14-8-9-15-32)52(50,51)34-19-17-31(18-20-34)24-40-49/h5-7,10-13,16-20,24,28,32,35-37,46,49H,4,8-9,14-15,21-23,25-27H2,1-3H3,(H,42,47)/b40-24+/t28?,35-,36+,37?/m0/s1. The summed E-state index contributed by atoms with van der Waals surface area (Å²) < 4.78 is 29.6. The second-order valence-corrected chi connectivity index (χ2v) is 16.1. The van der Waals surface area contributed by atoms with Gasteiger partial charge in [0.25, 0.3) is 0 Å². The Kier molecular flexibility index (Phi) is 13.4. The minimum absolute atomic E-state index is 0.0613. The normalized spacial score (nSPS) is 17.9. The lowest BCUT2D eigenvalue weighted by atomic mass is 9.95. The number of hydrogen-bond acceptors (Lipinski definition) is 8. The molecule has 2 fully saturated rings. The molecule has 2 aromatic carbocycles. The van der Waals surface area contributed by atoms with Gasteiger partial charge in [-0.05, 0) is 73.4 Å². The molecule has 1 saturated carbocycles. The molecule has 2 aliphatic rings. The summed E-state index contributed by atoms with van der Waals surface area (Å²) in [4.78, 5) is 36.1. The van der Waals surface area contributed by atoms with Crippen molar-refractivity contribution in [2.24, 2.45) is 17.0 Å². The Bertz CT molecular complexity index is 1770. The molecule has 1 aromatic heterocycles. The number of rotatable bonds is 17. The molecule has 52 heavy (non-hydrogen) atoms. The lowest BCUT2D eigenvalue weighted by Gasteiger charge is -2.35. The zero-order valence-electron chi connectivity index (χ0n) is 30.3. The molecule has 0 spiro atoms. The smallest absolute Gasteiger partial charge is 0.321 e. The van der Waals surface area contributed by atoms with E-state index < -0.39 is 28.2 Å². The number of pyridine rings is 1. The van der Waals surface area contributed by atoms with E-state index in [1.54, 1.807) is 21.9 Å². The van der Waals surface area contributed by atoms with E-state index in [9.17, 15) is 23.1 Å². The molecule has 1 saturated heterocycles. The molecular formula is C39H52N6O6S. The predicted molar refractivity (Wildman–Crippen MR) is 199 cm³/mol. The zero-order chi connectivity index (χ0) is 37.3. The maximum Gasteiger partial charge on any atom is 0.321 e. The topological polar surface area (TPSA) is 156 Å². The molecule has 2 unspecified atom stereocenters. The Morgan fingerprint density at radius 1 is 1.06 bits per heavy atom. The molecule has 1 aliphatic heterocycles. The largest absolute Gasteiger partial charge is 0.411 e. The highest BCUT2D eigenvalue weighted by atomic mass is 32.2. The monoisotopic (exact) mass is 732 g/mol. The van der Waals surface area contributed by atoms with Crippen molar-refractivity contribution in [2.45, 2.75) is 88.9 Å². The van der Waals surface area contributed by atoms with E-state index in [-0.39, 0.29) is 48.2 Å². The number of carbonyl (C=O) groups excluding carboxylic acids is 2. The molecule has 5 rings (SSSR count). The molecule has 2 heterocycles. The number of urea groups is 1. The summed E-state index contributed by atoms with van der Waals surface area (Å²) in [6.07, 6.45) is 4.69. The van der Waals surface area contributed by atoms with Crippen LogP contribution in [0.1, 0.15) is 68.5 Å². The number of benzene rings is 2. The van der Waals surface area contributed by atoms with Gasteiger partial charge in [0.1, 0.15) is 6.04 Å². The summed E-state index contributed by atoms with van der Waals surface area (Å²) in [5.74, 6) is -0.419. The van der Waals surface area contributed by atoms with Crippen LogP contribution in [0.2, 0.25) is 0 Å². The average molecular weight is 733 g/mol. The summed E-state index contributed by atoms with van der Waals surface area (Å²) in [6, 6.07) is 19.3. The first kappa shape index (κ1) is 38.9. The first-order valence-corrected chi connectivity index (χ1v) is 19.7. The van der Waals surface area contributed by atoms with Crippen LogP contribution in [0.3, 0.4) is 0 Å². The van der Waals surface area contributed by atoms with Gasteiger partial charge in [-0.1, -0.05) is 86.8 Å². The van der Waals surface area contributed by atoms with Gasteiger partial charge < -0.3 is 25.4 Å². The van der Waals surface area contributed by atoms with Crippen LogP contribution >= 0.6 is 0 Å². The van der Waals surface area contributed by atoms with E-state index in [1.807, 2.05) is 69.3 Å². The van der Waals surface area contributed by atoms with Crippen molar-refractivity contribution in [1.82, 2.24) is 24.4 Å². The number of aromatic nitrogens is 1. The van der Waals surface area contributed by atoms with Crippen LogP contribution in [0.15, 0.2) is 82.8 Å². The minimum Gasteiger partial charge on any atom is -0.411 e. The predicted octanol–water partition coefficient (Wildman–Crippen LogP) is 4.82. The lowest BCUT2D eigenvalue weighted by molar-refractivity contribution is -0.128. The first-order valence-electron chi connectivity index (χ1n) is 18.3. The van der Waals surface area contributed by atoms with Crippen LogP contribution in [0.5, 0.6) is 0 Å². The van der Waals surface area contributed by atoms with E-state index in [0.717, 1.165) is 42.6 Å². The fourth-order valence-electron chi connectivity index (χ4n) is 7.27. The lowest BCUT2D eigenvalue weighted by Crippen LogP contribution is -2.57. The van der Waals surface area contributed by atoms with Gasteiger partial charge >= 0.3 is 6.03 Å². The number of oxime groups is 1. The van der Waals surface area contributed by atoms with Gasteiger partial charge in [0.2, 0.25) is 15.9 Å². The van der Waals surface area contributed by atoms with Crippen molar-refractivity contribution in [2.75, 3.05) is 26.2 Å². The first-order chi connectivity index (χ1) is 25.0. The van der Waals surface area contributed by atoms with E-state index in [4.69, 9.17) is 5.21 Å². The second kappa shape index (κ2) is 17.9. The minimum atomic E-state index is -4.05. The van der Waals surface area contributed by atoms with Crippen LogP contribution in [0.25, 0.3) is 0 Å². The Labute approximate surface area is 307 Å². The van der Waals surface area contributed by atoms with Gasteiger partial charge in [-0.3, -0.25) is 9.78 Å². The van der Waals surface area contributed by atoms with Gasteiger partial charge in [0, 0.05) is 31.9 Å². The third-order valence-electron chi connectivity index (χ3n) is 10.4. The van der Waals surface area contributed by atoms with E-state index in [2.05, 4.69) is 15.5 Å². The third kappa shape index (κ3) is 9.75. The van der Waals surface area contributed by atoms with Gasteiger partial charge in [-0.2, -0.15) is 4.31 Å². The van der Waals surface area contributed by atoms with Gasteiger partial charge in [0.05, 0.1) is 35.5 Å². The van der Waals surface area contributed by atoms with Crippen molar-refractivity contribution >= 4 is 28.2 Å². The quantitative estimate of drug-likeness (QED) is 0.102. The van der Waals surface area contributed by atoms with Crippen LogP contribution in [-0.2, 0) is 27.8 Å². The van der Waals surface area contributed by atoms with Gasteiger partial charge in [-0.15, -0.1) is 0 Å². The third-order valence-corrected chi connectivity index (χ3v) is 12.2. The zero-order valence-corrected chi connectivity index (χ0v) is 31.2. The molecule has 4 atom stereocenters. The Balaban J connectivity index is 1.39. The van der Waals surface area contributed by atoms with Crippen LogP contribution in [0, 0.1) is 18.8 Å². The molecule has 280 valence electrons. The number of amides is 3. The Morgan fingerprint density at radius 2 is 1.77 bits per heavy atom. The van der Waals surface area contributed by atoms with Crippen LogP contribution in [0.4, 0.5) is 4.79 Å². The van der Waals surface area contributed by atoms with Crippen LogP contribution < -0.4 is 5.32 Å². The van der Waals surface area contributed by atoms with Crippen molar-refractivity contribution in [1.29, 1.82) is 0 Å². The van der Waals surface area contributed by atoms with Gasteiger partial charge in [-0.25, -0.2) is 13.2 Å². The Hall–Kier alpha value is -4.33. The van der Waals surface area contributed by atoms with Crippen molar-refractivity contribution in [3.63, 3.8) is 0 Å². The number of nitrogens with zero attached hydrogens (tertiary/aromatic N) is 5. The Morgan fingerprint density at radius 3 is 2.42 bits per heavy atom. The molecule has 12 nitrogen and oxygen atoms in total. The van der Waals surface area contributed by atoms with Crippen molar-refractivity contribution in [3.05, 3.63) is 95.3 Å². The molecule has 0 bridgehead atoms. The fraction of sp³-hybridized carbons (Fsp3) is 0.487. The number of nitrogens with one attached hydrogen (secondary N) is 1. The molecule has 3 aromatic rings. The number of carbonyl (C=O) groups is 2. The second-order valence-electron chi connectivity index (χ2n) is 14.2. The number of aliphatic hydroxyl groups excluding tert-OH is 1. The van der Waals surface area contributed by atoms with E-state index in [0.29, 0.717) is 31.6 Å². The SMILES string of the molecule is CCC(C)C(C(=O)N[C@@H](Cc1ccccc1)[C@H](O)CN(CC1CCCC1)S(=O)(=O)c1ccc(/C=N/O)cc1)N1CCN(Cc2cccc(C)n2)C1=O. The molecular weight excluding hydrogens is 681 g/mol. The number of hydrogen-bond donors (Lipinski definition) is 3. The number of aliphatic hydroxyl groups is 1. The summed E-state index contributed by atoms with van der Waals surface area (Å²) in [6.45, 7) is 7.00. The van der Waals surface area contributed by atoms with E-state index >= 15 is 0 Å². The molecule has 1 aliphatic carbocycles. The summed E-state index contributed by atoms with van der Waals surface area (Å²) in [5, 5.41) is 27.0. The maximum absolute atomic E-state index is 14.4. The highest BCUT2D eigenvalue weighted by Crippen LogP contribution is 2.29. The van der Waals surface area contributed by atoms with Crippen molar-refractivity contribution < 1.29 is 28.3 Å². The highest BCUT2D eigenvalue weighted by Gasteiger charge is 2.41. The molecule has 3 amide bonds. The van der Waals surface area contributed by atoms with E-state index in [1.165, 1.54) is 22.7 Å². The molecule has 3 N–H and O–H groups in total. The summed E-state index contributed by atoms with van der Waals surface area (Å²) >= 11 is 0.